The van der Waals surface area contributed by atoms with Crippen LogP contribution in [0.15, 0.2) is 0 Å². The molecule has 13 heteroatoms. The van der Waals surface area contributed by atoms with Gasteiger partial charge in [0.1, 0.15) is 6.10 Å². The van der Waals surface area contributed by atoms with E-state index < -0.39 is 82.4 Å². The van der Waals surface area contributed by atoms with E-state index >= 15 is 0 Å². The highest BCUT2D eigenvalue weighted by Crippen LogP contribution is 2.39. The summed E-state index contributed by atoms with van der Waals surface area (Å²) in [5.41, 5.74) is 0. The third-order valence-electron chi connectivity index (χ3n) is 3.01. The Hall–Kier alpha value is -0.820. The topological polar surface area (TPSA) is 38.7 Å². The van der Waals surface area contributed by atoms with Gasteiger partial charge >= 0.3 is 24.2 Å². The van der Waals surface area contributed by atoms with Crippen LogP contribution in [-0.4, -0.2) is 61.8 Å². The lowest BCUT2D eigenvalue weighted by molar-refractivity contribution is -0.285. The summed E-state index contributed by atoms with van der Waals surface area (Å²) in [5, 5.41) is 9.32. The van der Waals surface area contributed by atoms with E-state index in [4.69, 9.17) is 0 Å². The second-order valence-corrected chi connectivity index (χ2v) is 5.42. The van der Waals surface area contributed by atoms with Crippen molar-refractivity contribution in [1.82, 2.24) is 0 Å². The number of hydrogen-bond acceptors (Lipinski definition) is 3. The Morgan fingerprint density at radius 3 is 1.19 bits per heavy atom. The third-order valence-corrected chi connectivity index (χ3v) is 3.01. The molecule has 0 heterocycles. The molecular formula is C13H18F10O3. The Kier molecular flexibility index (Phi) is 9.61. The molecule has 0 aliphatic carbocycles. The van der Waals surface area contributed by atoms with Crippen LogP contribution >= 0.6 is 0 Å². The number of halogens is 10. The molecule has 1 N–H and O–H groups in total. The lowest BCUT2D eigenvalue weighted by Gasteiger charge is -2.20. The van der Waals surface area contributed by atoms with Crippen molar-refractivity contribution in [3.05, 3.63) is 0 Å². The van der Waals surface area contributed by atoms with Crippen LogP contribution in [0.3, 0.4) is 0 Å². The van der Waals surface area contributed by atoms with Gasteiger partial charge in [-0.15, -0.1) is 0 Å². The van der Waals surface area contributed by atoms with E-state index in [2.05, 4.69) is 9.47 Å². The van der Waals surface area contributed by atoms with E-state index in [1.807, 2.05) is 0 Å². The summed E-state index contributed by atoms with van der Waals surface area (Å²) in [6.07, 6.45) is -16.9. The van der Waals surface area contributed by atoms with Gasteiger partial charge in [0.2, 0.25) is 0 Å². The van der Waals surface area contributed by atoms with Crippen molar-refractivity contribution >= 4 is 0 Å². The van der Waals surface area contributed by atoms with E-state index in [0.29, 0.717) is 0 Å². The zero-order valence-corrected chi connectivity index (χ0v) is 13.3. The first-order chi connectivity index (χ1) is 11.6. The molecule has 0 bridgehead atoms. The maximum atomic E-state index is 12.5. The van der Waals surface area contributed by atoms with Crippen LogP contribution < -0.4 is 0 Å². The maximum absolute atomic E-state index is 12.5. The fourth-order valence-corrected chi connectivity index (χ4v) is 1.56. The van der Waals surface area contributed by atoms with E-state index in [0.717, 1.165) is 0 Å². The second kappa shape index (κ2) is 9.93. The van der Waals surface area contributed by atoms with E-state index in [1.54, 1.807) is 0 Å². The van der Waals surface area contributed by atoms with Crippen molar-refractivity contribution in [3.63, 3.8) is 0 Å². The standard InChI is InChI=1S/C13H18F10O3/c14-10(15,12(18,19)20)3-1-5-25-7-9(24)8-26-6-2-4-11(16,17)13(21,22)23/h9,24H,1-8H2. The molecule has 0 amide bonds. The van der Waals surface area contributed by atoms with E-state index in [-0.39, 0.29) is 0 Å². The van der Waals surface area contributed by atoms with Crippen LogP contribution in [0.5, 0.6) is 0 Å². The number of rotatable bonds is 12. The van der Waals surface area contributed by atoms with Crippen LogP contribution in [-0.2, 0) is 9.47 Å². The SMILES string of the molecule is OC(COCCCC(F)(F)C(F)(F)F)COCCCC(F)(F)C(F)(F)F. The lowest BCUT2D eigenvalue weighted by atomic mass is 10.2. The summed E-state index contributed by atoms with van der Waals surface area (Å²) in [6.45, 7) is -1.98. The number of hydrogen-bond donors (Lipinski definition) is 1. The molecule has 0 aromatic carbocycles. The molecule has 0 spiro atoms. The minimum absolute atomic E-state index is 0.490. The molecule has 158 valence electrons. The minimum Gasteiger partial charge on any atom is -0.388 e. The minimum atomic E-state index is -5.66. The fraction of sp³-hybridized carbons (Fsp3) is 1.00. The molecule has 0 radical (unpaired) electrons. The normalized spacial score (nSPS) is 14.3. The van der Waals surface area contributed by atoms with Crippen LogP contribution in [0.1, 0.15) is 25.7 Å². The molecule has 0 aliphatic heterocycles. The van der Waals surface area contributed by atoms with Crippen molar-refractivity contribution in [3.8, 4) is 0 Å². The van der Waals surface area contributed by atoms with Crippen LogP contribution in [0.2, 0.25) is 0 Å². The first-order valence-corrected chi connectivity index (χ1v) is 7.33. The zero-order valence-electron chi connectivity index (χ0n) is 13.3. The van der Waals surface area contributed by atoms with Gasteiger partial charge in [-0.25, -0.2) is 0 Å². The van der Waals surface area contributed by atoms with Gasteiger partial charge in [-0.2, -0.15) is 43.9 Å². The molecule has 0 saturated heterocycles. The molecule has 0 aromatic heterocycles. The molecule has 0 atom stereocenters. The number of aliphatic hydroxyl groups excluding tert-OH is 1. The Morgan fingerprint density at radius 1 is 0.615 bits per heavy atom. The third kappa shape index (κ3) is 9.21. The van der Waals surface area contributed by atoms with Crippen molar-refractivity contribution in [2.45, 2.75) is 56.0 Å². The highest BCUT2D eigenvalue weighted by molar-refractivity contribution is 4.76. The van der Waals surface area contributed by atoms with Crippen LogP contribution in [0, 0.1) is 0 Å². The highest BCUT2D eigenvalue weighted by Gasteiger charge is 2.57. The predicted octanol–water partition coefficient (Wildman–Crippen LogP) is 4.34. The van der Waals surface area contributed by atoms with Crippen LogP contribution in [0.25, 0.3) is 0 Å². The smallest absolute Gasteiger partial charge is 0.388 e. The van der Waals surface area contributed by atoms with Gasteiger partial charge in [-0.1, -0.05) is 0 Å². The summed E-state index contributed by atoms with van der Waals surface area (Å²) in [4.78, 5) is 0. The summed E-state index contributed by atoms with van der Waals surface area (Å²) in [5.74, 6) is -9.70. The summed E-state index contributed by atoms with van der Waals surface area (Å²) in [6, 6.07) is 0. The van der Waals surface area contributed by atoms with E-state index in [1.165, 1.54) is 0 Å². The van der Waals surface area contributed by atoms with E-state index in [9.17, 15) is 49.0 Å². The van der Waals surface area contributed by atoms with Crippen molar-refractivity contribution in [2.75, 3.05) is 26.4 Å². The summed E-state index contributed by atoms with van der Waals surface area (Å²) in [7, 11) is 0. The Balaban J connectivity index is 3.75. The second-order valence-electron chi connectivity index (χ2n) is 5.42. The zero-order chi connectivity index (χ0) is 20.6. The molecule has 0 unspecified atom stereocenters. The molecular weight excluding hydrogens is 394 g/mol. The number of ether oxygens (including phenoxy) is 2. The monoisotopic (exact) mass is 412 g/mol. The average Bonchev–Trinajstić information content (AvgIpc) is 2.43. The van der Waals surface area contributed by atoms with Gasteiger partial charge in [0, 0.05) is 26.1 Å². The van der Waals surface area contributed by atoms with Gasteiger partial charge in [0.15, 0.2) is 0 Å². The van der Waals surface area contributed by atoms with Crippen LogP contribution in [0.4, 0.5) is 43.9 Å². The first kappa shape index (κ1) is 25.2. The number of aliphatic hydroxyl groups is 1. The van der Waals surface area contributed by atoms with Crippen molar-refractivity contribution < 1.29 is 58.5 Å². The maximum Gasteiger partial charge on any atom is 0.453 e. The molecule has 0 fully saturated rings. The molecule has 3 nitrogen and oxygen atoms in total. The largest absolute Gasteiger partial charge is 0.453 e. The first-order valence-electron chi connectivity index (χ1n) is 7.33. The van der Waals surface area contributed by atoms with Gasteiger partial charge < -0.3 is 14.6 Å². The molecule has 0 rings (SSSR count). The Morgan fingerprint density at radius 2 is 0.923 bits per heavy atom. The van der Waals surface area contributed by atoms with Gasteiger partial charge in [0.05, 0.1) is 13.2 Å². The summed E-state index contributed by atoms with van der Waals surface area (Å²) < 4.78 is 131. The predicted molar refractivity (Wildman–Crippen MR) is 68.1 cm³/mol. The van der Waals surface area contributed by atoms with Gasteiger partial charge in [0.25, 0.3) is 0 Å². The Bertz CT molecular complexity index is 359. The average molecular weight is 412 g/mol. The highest BCUT2D eigenvalue weighted by atomic mass is 19.4. The fourth-order valence-electron chi connectivity index (χ4n) is 1.56. The van der Waals surface area contributed by atoms with Gasteiger partial charge in [-0.3, -0.25) is 0 Å². The molecule has 0 saturated carbocycles. The molecule has 26 heavy (non-hydrogen) atoms. The summed E-state index contributed by atoms with van der Waals surface area (Å²) >= 11 is 0. The van der Waals surface area contributed by atoms with Gasteiger partial charge in [-0.05, 0) is 12.8 Å². The molecule has 0 aliphatic rings. The quantitative estimate of drug-likeness (QED) is 0.383. The Labute approximate surface area is 142 Å². The molecule has 0 aromatic rings. The number of alkyl halides is 10. The lowest BCUT2D eigenvalue weighted by Crippen LogP contribution is -2.36. The van der Waals surface area contributed by atoms with Crippen molar-refractivity contribution in [2.24, 2.45) is 0 Å². The van der Waals surface area contributed by atoms with Crippen molar-refractivity contribution in [1.29, 1.82) is 0 Å².